The van der Waals surface area contributed by atoms with Crippen LogP contribution in [0, 0.1) is 13.8 Å². The predicted octanol–water partition coefficient (Wildman–Crippen LogP) is 2.87. The molecule has 0 aliphatic carbocycles. The zero-order valence-electron chi connectivity index (χ0n) is 11.1. The van der Waals surface area contributed by atoms with Gasteiger partial charge in [0.2, 0.25) is 0 Å². The Morgan fingerprint density at radius 1 is 1.16 bits per heavy atom. The number of hydrogen-bond acceptors (Lipinski definition) is 6. The van der Waals surface area contributed by atoms with Gasteiger partial charge in [-0.05, 0) is 31.9 Å². The van der Waals surface area contributed by atoms with Crippen molar-refractivity contribution in [3.8, 4) is 0 Å². The number of carbonyl (C=O) groups excluding carboxylic acids is 2. The van der Waals surface area contributed by atoms with Crippen molar-refractivity contribution >= 4 is 12.1 Å². The van der Waals surface area contributed by atoms with E-state index in [1.807, 2.05) is 19.9 Å². The van der Waals surface area contributed by atoms with Crippen molar-refractivity contribution in [2.24, 2.45) is 0 Å². The third kappa shape index (κ3) is 4.97. The van der Waals surface area contributed by atoms with E-state index < -0.39 is 12.1 Å². The molecule has 0 fully saturated rings. The molecule has 19 heavy (non-hydrogen) atoms. The second kappa shape index (κ2) is 7.38. The van der Waals surface area contributed by atoms with Gasteiger partial charge in [0.25, 0.3) is 0 Å². The summed E-state index contributed by atoms with van der Waals surface area (Å²) in [6.07, 6.45) is -0.410. The zero-order valence-corrected chi connectivity index (χ0v) is 11.1. The average molecular weight is 268 g/mol. The van der Waals surface area contributed by atoms with Crippen molar-refractivity contribution in [2.45, 2.75) is 27.2 Å². The molecule has 1 rings (SSSR count). The van der Waals surface area contributed by atoms with Crippen molar-refractivity contribution in [2.75, 3.05) is 6.61 Å². The fourth-order valence-electron chi connectivity index (χ4n) is 1.37. The number of ether oxygens (including phenoxy) is 1. The zero-order chi connectivity index (χ0) is 14.3. The molecule has 1 aromatic rings. The molecule has 6 nitrogen and oxygen atoms in total. The maximum atomic E-state index is 11.6. The van der Waals surface area contributed by atoms with Crippen molar-refractivity contribution in [1.82, 2.24) is 0 Å². The molecule has 0 heterocycles. The fraction of sp³-hybridized carbons (Fsp3) is 0.385. The van der Waals surface area contributed by atoms with Gasteiger partial charge in [0.05, 0.1) is 17.2 Å². The smallest absolute Gasteiger partial charge is 0.432 e. The monoisotopic (exact) mass is 268 g/mol. The molecule has 0 saturated carbocycles. The molecule has 0 spiro atoms. The minimum absolute atomic E-state index is 0.202. The first-order valence-corrected chi connectivity index (χ1v) is 5.84. The van der Waals surface area contributed by atoms with Crippen LogP contribution < -0.4 is 0 Å². The van der Waals surface area contributed by atoms with Crippen molar-refractivity contribution in [3.63, 3.8) is 0 Å². The molecular weight excluding hydrogens is 252 g/mol. The second-order valence-corrected chi connectivity index (χ2v) is 3.94. The molecular formula is C13H16O6. The average Bonchev–Trinajstić information content (AvgIpc) is 2.36. The third-order valence-electron chi connectivity index (χ3n) is 2.24. The number of carbonyl (C=O) groups is 2. The van der Waals surface area contributed by atoms with Crippen LogP contribution in [-0.2, 0) is 19.6 Å². The van der Waals surface area contributed by atoms with E-state index in [1.54, 1.807) is 19.1 Å². The number of hydrogen-bond donors (Lipinski definition) is 0. The summed E-state index contributed by atoms with van der Waals surface area (Å²) in [6.45, 7) is 5.70. The van der Waals surface area contributed by atoms with Crippen molar-refractivity contribution < 1.29 is 29.1 Å². The van der Waals surface area contributed by atoms with Crippen molar-refractivity contribution in [1.29, 1.82) is 0 Å². The summed E-state index contributed by atoms with van der Waals surface area (Å²) in [5, 5.41) is 4.07. The van der Waals surface area contributed by atoms with E-state index in [1.165, 1.54) is 0 Å². The highest BCUT2D eigenvalue weighted by molar-refractivity contribution is 5.90. The maximum Gasteiger partial charge on any atom is 0.543 e. The molecule has 0 aliphatic heterocycles. The Bertz CT molecular complexity index is 454. The Hall–Kier alpha value is -2.08. The summed E-state index contributed by atoms with van der Waals surface area (Å²) in [7, 11) is 0. The van der Waals surface area contributed by atoms with Crippen LogP contribution >= 0.6 is 0 Å². The van der Waals surface area contributed by atoms with E-state index in [4.69, 9.17) is 0 Å². The molecule has 0 saturated heterocycles. The van der Waals surface area contributed by atoms with Gasteiger partial charge >= 0.3 is 12.1 Å². The normalized spacial score (nSPS) is 9.84. The third-order valence-corrected chi connectivity index (χ3v) is 2.24. The molecule has 0 atom stereocenters. The summed E-state index contributed by atoms with van der Waals surface area (Å²) in [5.41, 5.74) is 2.09. The predicted molar refractivity (Wildman–Crippen MR) is 65.1 cm³/mol. The Morgan fingerprint density at radius 2 is 1.89 bits per heavy atom. The van der Waals surface area contributed by atoms with Crippen molar-refractivity contribution in [3.05, 3.63) is 34.9 Å². The van der Waals surface area contributed by atoms with Gasteiger partial charge in [0.1, 0.15) is 0 Å². The molecule has 0 radical (unpaired) electrons. The summed E-state index contributed by atoms with van der Waals surface area (Å²) >= 11 is 0. The Labute approximate surface area is 111 Å². The summed E-state index contributed by atoms with van der Waals surface area (Å²) < 4.78 is 4.54. The Balaban J connectivity index is 2.41. The van der Waals surface area contributed by atoms with Crippen LogP contribution in [0.4, 0.5) is 4.79 Å². The van der Waals surface area contributed by atoms with Crippen LogP contribution in [0.1, 0.15) is 34.8 Å². The van der Waals surface area contributed by atoms with Crippen LogP contribution in [0.3, 0.4) is 0 Å². The number of rotatable bonds is 5. The van der Waals surface area contributed by atoms with Crippen LogP contribution in [0.25, 0.3) is 0 Å². The van der Waals surface area contributed by atoms with Gasteiger partial charge in [-0.2, -0.15) is 0 Å². The van der Waals surface area contributed by atoms with Gasteiger partial charge in [-0.15, -0.1) is 0 Å². The molecule has 0 N–H and O–H groups in total. The second-order valence-electron chi connectivity index (χ2n) is 3.94. The lowest BCUT2D eigenvalue weighted by atomic mass is 10.1. The van der Waals surface area contributed by atoms with E-state index in [9.17, 15) is 9.59 Å². The maximum absolute atomic E-state index is 11.6. The van der Waals surface area contributed by atoms with Gasteiger partial charge in [-0.3, -0.25) is 4.89 Å². The highest BCUT2D eigenvalue weighted by Crippen LogP contribution is 2.12. The molecule has 0 unspecified atom stereocenters. The lowest BCUT2D eigenvalue weighted by Crippen LogP contribution is -2.13. The minimum atomic E-state index is -1.06. The standard InChI is InChI=1S/C13H16O6/c1-4-7-16-13(15)18-19-17-12(14)11-6-5-9(2)8-10(11)3/h5-6,8H,4,7H2,1-3H3. The highest BCUT2D eigenvalue weighted by atomic mass is 17.5. The summed E-state index contributed by atoms with van der Waals surface area (Å²) in [6, 6.07) is 5.19. The molecule has 6 heteroatoms. The van der Waals surface area contributed by atoms with E-state index >= 15 is 0 Å². The number of aryl methyl sites for hydroxylation is 2. The Morgan fingerprint density at radius 3 is 2.53 bits per heavy atom. The number of benzene rings is 1. The molecule has 0 aliphatic rings. The van der Waals surface area contributed by atoms with E-state index in [0.717, 1.165) is 11.1 Å². The largest absolute Gasteiger partial charge is 0.543 e. The molecule has 0 amide bonds. The van der Waals surface area contributed by atoms with Gasteiger partial charge in [0.15, 0.2) is 0 Å². The quantitative estimate of drug-likeness (QED) is 0.464. The van der Waals surface area contributed by atoms with Crippen LogP contribution in [0.15, 0.2) is 18.2 Å². The fourth-order valence-corrected chi connectivity index (χ4v) is 1.37. The van der Waals surface area contributed by atoms with Gasteiger partial charge in [0, 0.05) is 0 Å². The molecule has 1 aromatic carbocycles. The first-order chi connectivity index (χ1) is 9.04. The van der Waals surface area contributed by atoms with E-state index in [0.29, 0.717) is 12.0 Å². The first-order valence-electron chi connectivity index (χ1n) is 5.84. The lowest BCUT2D eigenvalue weighted by Gasteiger charge is -2.05. The lowest BCUT2D eigenvalue weighted by molar-refractivity contribution is -0.452. The first kappa shape index (κ1) is 15.0. The van der Waals surface area contributed by atoms with Crippen LogP contribution in [-0.4, -0.2) is 18.7 Å². The molecule has 0 bridgehead atoms. The Kier molecular flexibility index (Phi) is 5.81. The van der Waals surface area contributed by atoms with E-state index in [2.05, 4.69) is 19.6 Å². The minimum Gasteiger partial charge on any atom is -0.432 e. The van der Waals surface area contributed by atoms with Gasteiger partial charge in [-0.25, -0.2) is 14.5 Å². The SMILES string of the molecule is CCCOC(=O)OOOC(=O)c1ccc(C)cc1C. The summed E-state index contributed by atoms with van der Waals surface area (Å²) in [4.78, 5) is 30.9. The van der Waals surface area contributed by atoms with Crippen LogP contribution in [0.5, 0.6) is 0 Å². The van der Waals surface area contributed by atoms with Crippen LogP contribution in [0.2, 0.25) is 0 Å². The van der Waals surface area contributed by atoms with E-state index in [-0.39, 0.29) is 6.61 Å². The molecule has 104 valence electrons. The highest BCUT2D eigenvalue weighted by Gasteiger charge is 2.14. The van der Waals surface area contributed by atoms with Gasteiger partial charge in [-0.1, -0.05) is 24.6 Å². The molecule has 0 aromatic heterocycles. The topological polar surface area (TPSA) is 71.1 Å². The van der Waals surface area contributed by atoms with Gasteiger partial charge < -0.3 is 4.74 Å². The summed E-state index contributed by atoms with van der Waals surface area (Å²) in [5.74, 6) is -0.749.